The van der Waals surface area contributed by atoms with Crippen molar-refractivity contribution in [2.24, 2.45) is 0 Å². The fraction of sp³-hybridized carbons (Fsp3) is 0.429. The molecule has 1 aromatic rings. The number of hydrogen-bond acceptors (Lipinski definition) is 5. The van der Waals surface area contributed by atoms with E-state index in [0.717, 1.165) is 4.31 Å². The Balaban J connectivity index is 1.96. The van der Waals surface area contributed by atoms with Crippen molar-refractivity contribution in [2.75, 3.05) is 6.54 Å². The summed E-state index contributed by atoms with van der Waals surface area (Å²) in [4.78, 5) is 22.8. The van der Waals surface area contributed by atoms with Crippen LogP contribution in [0.3, 0.4) is 0 Å². The molecule has 0 aliphatic carbocycles. The zero-order chi connectivity index (χ0) is 16.9. The second-order valence-electron chi connectivity index (χ2n) is 5.13. The smallest absolute Gasteiger partial charge is 0.422 e. The van der Waals surface area contributed by atoms with E-state index in [-0.39, 0.29) is 19.6 Å². The van der Waals surface area contributed by atoms with Gasteiger partial charge in [0.25, 0.3) is 0 Å². The highest BCUT2D eigenvalue weighted by Gasteiger charge is 2.37. The lowest BCUT2D eigenvalue weighted by molar-refractivity contribution is -0.142. The fourth-order valence-corrected chi connectivity index (χ4v) is 3.64. The minimum Gasteiger partial charge on any atom is -0.480 e. The number of ether oxygens (including phenoxy) is 1. The second kappa shape index (κ2) is 7.42. The number of rotatable bonds is 5. The van der Waals surface area contributed by atoms with Crippen molar-refractivity contribution in [3.8, 4) is 0 Å². The standard InChI is InChI=1S/C14H18N2O6S/c17-13(18)12-8-4-5-9-16(12)23(20,21)15-14(19)22-10-11-6-2-1-3-7-11/h1-3,6-7,12H,4-5,8-10H2,(H,15,19)(H,17,18). The lowest BCUT2D eigenvalue weighted by Gasteiger charge is -2.31. The molecule has 0 radical (unpaired) electrons. The van der Waals surface area contributed by atoms with Crippen LogP contribution >= 0.6 is 0 Å². The van der Waals surface area contributed by atoms with Crippen LogP contribution in [-0.2, 0) is 26.3 Å². The first-order valence-electron chi connectivity index (χ1n) is 7.13. The summed E-state index contributed by atoms with van der Waals surface area (Å²) in [5.41, 5.74) is 0.710. The number of carboxylic acids is 1. The normalized spacial score (nSPS) is 19.0. The van der Waals surface area contributed by atoms with Crippen LogP contribution in [0.25, 0.3) is 0 Å². The van der Waals surface area contributed by atoms with Gasteiger partial charge in [-0.1, -0.05) is 30.3 Å². The monoisotopic (exact) mass is 342 g/mol. The fourth-order valence-electron chi connectivity index (χ4n) is 2.36. The molecule has 1 heterocycles. The van der Waals surface area contributed by atoms with Gasteiger partial charge in [-0.25, -0.2) is 9.52 Å². The van der Waals surface area contributed by atoms with Gasteiger partial charge in [0.1, 0.15) is 12.6 Å². The van der Waals surface area contributed by atoms with Crippen molar-refractivity contribution in [2.45, 2.75) is 31.9 Å². The van der Waals surface area contributed by atoms with Crippen molar-refractivity contribution in [1.82, 2.24) is 9.03 Å². The van der Waals surface area contributed by atoms with Crippen LogP contribution < -0.4 is 4.72 Å². The number of hydrogen-bond donors (Lipinski definition) is 2. The van der Waals surface area contributed by atoms with E-state index in [2.05, 4.69) is 0 Å². The third-order valence-corrected chi connectivity index (χ3v) is 4.95. The Bertz CT molecular complexity index is 661. The average Bonchev–Trinajstić information content (AvgIpc) is 2.53. The molecule has 1 aliphatic heterocycles. The Labute approximate surface area is 134 Å². The van der Waals surface area contributed by atoms with Gasteiger partial charge >= 0.3 is 22.3 Å². The van der Waals surface area contributed by atoms with Crippen molar-refractivity contribution >= 4 is 22.3 Å². The van der Waals surface area contributed by atoms with E-state index < -0.39 is 28.3 Å². The summed E-state index contributed by atoms with van der Waals surface area (Å²) in [6, 6.07) is 7.62. The lowest BCUT2D eigenvalue weighted by Crippen LogP contribution is -2.53. The maximum Gasteiger partial charge on any atom is 0.422 e. The molecular formula is C14H18N2O6S. The molecule has 0 spiro atoms. The molecule has 1 unspecified atom stereocenters. The van der Waals surface area contributed by atoms with Crippen LogP contribution in [0.5, 0.6) is 0 Å². The van der Waals surface area contributed by atoms with Gasteiger partial charge in [0.15, 0.2) is 0 Å². The summed E-state index contributed by atoms with van der Waals surface area (Å²) in [6.45, 7) is -0.0250. The number of carbonyl (C=O) groups is 2. The quantitative estimate of drug-likeness (QED) is 0.828. The van der Waals surface area contributed by atoms with Gasteiger partial charge < -0.3 is 9.84 Å². The van der Waals surface area contributed by atoms with Crippen LogP contribution in [0.15, 0.2) is 30.3 Å². The Morgan fingerprint density at radius 3 is 2.61 bits per heavy atom. The number of nitrogens with one attached hydrogen (secondary N) is 1. The number of aliphatic carboxylic acids is 1. The Kier molecular flexibility index (Phi) is 5.56. The minimum absolute atomic E-state index is 0.0538. The number of amides is 1. The number of benzene rings is 1. The van der Waals surface area contributed by atoms with Gasteiger partial charge in [0.05, 0.1) is 0 Å². The molecule has 23 heavy (non-hydrogen) atoms. The van der Waals surface area contributed by atoms with Crippen molar-refractivity contribution < 1.29 is 27.9 Å². The van der Waals surface area contributed by atoms with E-state index in [4.69, 9.17) is 9.84 Å². The zero-order valence-corrected chi connectivity index (χ0v) is 13.2. The van der Waals surface area contributed by atoms with Crippen LogP contribution in [0.1, 0.15) is 24.8 Å². The highest BCUT2D eigenvalue weighted by Crippen LogP contribution is 2.20. The number of carbonyl (C=O) groups excluding carboxylic acids is 1. The molecule has 8 nitrogen and oxygen atoms in total. The van der Waals surface area contributed by atoms with Gasteiger partial charge in [-0.2, -0.15) is 12.7 Å². The summed E-state index contributed by atoms with van der Waals surface area (Å²) in [5, 5.41) is 9.11. The Morgan fingerprint density at radius 2 is 1.96 bits per heavy atom. The molecule has 2 N–H and O–H groups in total. The van der Waals surface area contributed by atoms with Crippen LogP contribution in [0.2, 0.25) is 0 Å². The molecule has 1 atom stereocenters. The van der Waals surface area contributed by atoms with E-state index >= 15 is 0 Å². The van der Waals surface area contributed by atoms with Crippen molar-refractivity contribution in [1.29, 1.82) is 0 Å². The summed E-state index contributed by atoms with van der Waals surface area (Å²) < 4.78 is 31.7. The van der Waals surface area contributed by atoms with E-state index in [0.29, 0.717) is 18.4 Å². The van der Waals surface area contributed by atoms with Crippen molar-refractivity contribution in [3.63, 3.8) is 0 Å². The molecule has 126 valence electrons. The predicted molar refractivity (Wildman–Crippen MR) is 80.7 cm³/mol. The molecule has 0 saturated carbocycles. The highest BCUT2D eigenvalue weighted by atomic mass is 32.2. The molecule has 0 aromatic heterocycles. The van der Waals surface area contributed by atoms with Crippen LogP contribution in [0, 0.1) is 0 Å². The Morgan fingerprint density at radius 1 is 1.26 bits per heavy atom. The van der Waals surface area contributed by atoms with Gasteiger partial charge in [-0.05, 0) is 24.8 Å². The SMILES string of the molecule is O=C(NS(=O)(=O)N1CCCCC1C(=O)O)OCc1ccccc1. The maximum atomic E-state index is 12.2. The first-order chi connectivity index (χ1) is 10.9. The summed E-state index contributed by atoms with van der Waals surface area (Å²) in [7, 11) is -4.25. The maximum absolute atomic E-state index is 12.2. The summed E-state index contributed by atoms with van der Waals surface area (Å²) >= 11 is 0. The number of piperidine rings is 1. The van der Waals surface area contributed by atoms with Gasteiger partial charge in [0, 0.05) is 6.54 Å². The third-order valence-electron chi connectivity index (χ3n) is 3.47. The molecular weight excluding hydrogens is 324 g/mol. The molecule has 1 fully saturated rings. The van der Waals surface area contributed by atoms with Gasteiger partial charge in [-0.3, -0.25) is 4.79 Å². The number of nitrogens with zero attached hydrogens (tertiary/aromatic N) is 1. The first-order valence-corrected chi connectivity index (χ1v) is 8.57. The largest absolute Gasteiger partial charge is 0.480 e. The predicted octanol–water partition coefficient (Wildman–Crippen LogP) is 1.10. The molecule has 1 saturated heterocycles. The molecule has 1 amide bonds. The van der Waals surface area contributed by atoms with E-state index in [1.807, 2.05) is 0 Å². The van der Waals surface area contributed by atoms with E-state index in [9.17, 15) is 18.0 Å². The first kappa shape index (κ1) is 17.2. The van der Waals surface area contributed by atoms with Crippen LogP contribution in [0.4, 0.5) is 4.79 Å². The Hall–Kier alpha value is -2.13. The zero-order valence-electron chi connectivity index (χ0n) is 12.3. The minimum atomic E-state index is -4.25. The van der Waals surface area contributed by atoms with E-state index in [1.54, 1.807) is 35.1 Å². The molecule has 2 rings (SSSR count). The molecule has 1 aromatic carbocycles. The average molecular weight is 342 g/mol. The molecule has 1 aliphatic rings. The highest BCUT2D eigenvalue weighted by molar-refractivity contribution is 7.87. The lowest BCUT2D eigenvalue weighted by atomic mass is 10.1. The second-order valence-corrected chi connectivity index (χ2v) is 6.75. The van der Waals surface area contributed by atoms with E-state index in [1.165, 1.54) is 0 Å². The molecule has 0 bridgehead atoms. The van der Waals surface area contributed by atoms with Gasteiger partial charge in [-0.15, -0.1) is 0 Å². The summed E-state index contributed by atoms with van der Waals surface area (Å²) in [6.07, 6.45) is 0.254. The number of carboxylic acid groups (broad SMARTS) is 1. The summed E-state index contributed by atoms with van der Waals surface area (Å²) in [5.74, 6) is -1.23. The van der Waals surface area contributed by atoms with Crippen LogP contribution in [-0.4, -0.2) is 42.5 Å². The topological polar surface area (TPSA) is 113 Å². The third kappa shape index (κ3) is 4.67. The van der Waals surface area contributed by atoms with Gasteiger partial charge in [0.2, 0.25) is 0 Å². The molecule has 9 heteroatoms. The van der Waals surface area contributed by atoms with Crippen molar-refractivity contribution in [3.05, 3.63) is 35.9 Å².